The molecule has 0 unspecified atom stereocenters. The number of piperidine rings is 1. The lowest BCUT2D eigenvalue weighted by atomic mass is 9.87. The Balaban J connectivity index is 1.27. The molecule has 0 bridgehead atoms. The van der Waals surface area contributed by atoms with Crippen molar-refractivity contribution >= 4 is 44.9 Å². The first-order valence-corrected chi connectivity index (χ1v) is 11.2. The van der Waals surface area contributed by atoms with E-state index in [1.807, 2.05) is 34.7 Å². The summed E-state index contributed by atoms with van der Waals surface area (Å²) in [4.78, 5) is 21.4. The van der Waals surface area contributed by atoms with Crippen LogP contribution in [0.1, 0.15) is 31.4 Å². The quantitative estimate of drug-likeness (QED) is 0.635. The number of carbonyl (C=O) groups excluding carboxylic acids is 1. The molecule has 2 amide bonds. The van der Waals surface area contributed by atoms with Gasteiger partial charge in [0.1, 0.15) is 0 Å². The van der Waals surface area contributed by atoms with Crippen LogP contribution in [-0.2, 0) is 0 Å². The average Bonchev–Trinajstić information content (AvgIpc) is 3.32. The van der Waals surface area contributed by atoms with E-state index in [1.165, 1.54) is 10.3 Å². The van der Waals surface area contributed by atoms with Gasteiger partial charge >= 0.3 is 6.03 Å². The maximum Gasteiger partial charge on any atom is 0.322 e. The molecule has 2 aliphatic heterocycles. The zero-order valence-electron chi connectivity index (χ0n) is 16.3. The summed E-state index contributed by atoms with van der Waals surface area (Å²) in [7, 11) is 0. The Bertz CT molecular complexity index is 1040. The first-order valence-electron chi connectivity index (χ1n) is 9.95. The average molecular weight is 427 g/mol. The fourth-order valence-corrected chi connectivity index (χ4v) is 5.29. The molecule has 1 spiro atoms. The number of halogens is 1. The monoisotopic (exact) mass is 426 g/mol. The van der Waals surface area contributed by atoms with E-state index in [2.05, 4.69) is 40.3 Å². The van der Waals surface area contributed by atoms with E-state index >= 15 is 0 Å². The summed E-state index contributed by atoms with van der Waals surface area (Å²) in [5.41, 5.74) is 5.04. The number of nitrogens with zero attached hydrogens (tertiary/aromatic N) is 3. The number of amides is 2. The normalized spacial score (nSPS) is 20.3. The van der Waals surface area contributed by atoms with Gasteiger partial charge in [-0.1, -0.05) is 17.7 Å². The van der Waals surface area contributed by atoms with Gasteiger partial charge in [0.05, 0.1) is 27.8 Å². The van der Waals surface area contributed by atoms with Crippen molar-refractivity contribution in [3.05, 3.63) is 58.6 Å². The van der Waals surface area contributed by atoms with Gasteiger partial charge in [-0.3, -0.25) is 9.80 Å². The van der Waals surface area contributed by atoms with E-state index in [4.69, 9.17) is 11.6 Å². The number of aromatic nitrogens is 1. The molecule has 1 aromatic heterocycles. The summed E-state index contributed by atoms with van der Waals surface area (Å²) >= 11 is 7.67. The number of anilines is 1. The van der Waals surface area contributed by atoms with Crippen LogP contribution in [0.3, 0.4) is 0 Å². The Morgan fingerprint density at radius 3 is 2.69 bits per heavy atom. The van der Waals surface area contributed by atoms with E-state index in [-0.39, 0.29) is 11.6 Å². The van der Waals surface area contributed by atoms with Gasteiger partial charge in [0, 0.05) is 29.8 Å². The van der Waals surface area contributed by atoms with Gasteiger partial charge < -0.3 is 5.32 Å². The lowest BCUT2D eigenvalue weighted by molar-refractivity contribution is 0.121. The molecule has 5 rings (SSSR count). The molecule has 29 heavy (non-hydrogen) atoms. The van der Waals surface area contributed by atoms with Crippen molar-refractivity contribution in [2.75, 3.05) is 24.5 Å². The van der Waals surface area contributed by atoms with Crippen molar-refractivity contribution in [2.24, 2.45) is 0 Å². The van der Waals surface area contributed by atoms with Gasteiger partial charge in [-0.25, -0.2) is 9.78 Å². The number of fused-ring (bicyclic) bond motifs is 1. The van der Waals surface area contributed by atoms with E-state index < -0.39 is 0 Å². The minimum absolute atomic E-state index is 0.0113. The highest BCUT2D eigenvalue weighted by molar-refractivity contribution is 7.16. The molecular weight excluding hydrogens is 404 g/mol. The van der Waals surface area contributed by atoms with Crippen LogP contribution >= 0.6 is 22.9 Å². The molecule has 0 aliphatic carbocycles. The standard InChI is InChI=1S/C22H23ClN4OS/c1-15(16-2-7-20-19(12-16)24-14-29-20)26-10-8-22(9-11-26)13-27(21(28)25-22)18-5-3-17(23)4-6-18/h2-7,12,14-15H,8-11,13H2,1H3,(H,25,28)/t15-/m0/s1. The maximum atomic E-state index is 12.6. The number of nitrogens with one attached hydrogen (secondary N) is 1. The fraction of sp³-hybridized carbons (Fsp3) is 0.364. The number of carbonyl (C=O) groups is 1. The van der Waals surface area contributed by atoms with E-state index in [1.54, 1.807) is 11.3 Å². The second-order valence-electron chi connectivity index (χ2n) is 8.06. The lowest BCUT2D eigenvalue weighted by Crippen LogP contribution is -2.52. The van der Waals surface area contributed by atoms with E-state index in [9.17, 15) is 4.79 Å². The first kappa shape index (κ1) is 18.9. The summed E-state index contributed by atoms with van der Waals surface area (Å²) in [6.45, 7) is 4.90. The summed E-state index contributed by atoms with van der Waals surface area (Å²) in [6.07, 6.45) is 1.90. The Hall–Kier alpha value is -2.15. The van der Waals surface area contributed by atoms with Crippen LogP contribution in [0, 0.1) is 0 Å². The van der Waals surface area contributed by atoms with Crippen LogP contribution in [0.2, 0.25) is 5.02 Å². The molecule has 7 heteroatoms. The molecule has 2 aromatic carbocycles. The molecule has 150 valence electrons. The highest BCUT2D eigenvalue weighted by Crippen LogP contribution is 2.35. The molecule has 2 saturated heterocycles. The van der Waals surface area contributed by atoms with Gasteiger partial charge in [0.25, 0.3) is 0 Å². The smallest absolute Gasteiger partial charge is 0.322 e. The molecular formula is C22H23ClN4OS. The van der Waals surface area contributed by atoms with Gasteiger partial charge in [-0.05, 0) is 61.7 Å². The molecule has 2 aliphatic rings. The van der Waals surface area contributed by atoms with Crippen molar-refractivity contribution < 1.29 is 4.79 Å². The van der Waals surface area contributed by atoms with E-state index in [0.29, 0.717) is 17.6 Å². The van der Waals surface area contributed by atoms with Crippen LogP contribution < -0.4 is 10.2 Å². The second kappa shape index (κ2) is 7.27. The SMILES string of the molecule is C[C@@H](c1ccc2scnc2c1)N1CCC2(CC1)CN(c1ccc(Cl)cc1)C(=O)N2. The molecule has 2 fully saturated rings. The Morgan fingerprint density at radius 1 is 1.17 bits per heavy atom. The molecule has 0 saturated carbocycles. The number of urea groups is 1. The minimum atomic E-state index is -0.147. The fourth-order valence-electron chi connectivity index (χ4n) is 4.51. The molecule has 1 N–H and O–H groups in total. The van der Waals surface area contributed by atoms with Crippen LogP contribution in [0.5, 0.6) is 0 Å². The molecule has 5 nitrogen and oxygen atoms in total. The van der Waals surface area contributed by atoms with Crippen LogP contribution in [0.15, 0.2) is 48.0 Å². The summed E-state index contributed by atoms with van der Waals surface area (Å²) in [5.74, 6) is 0. The van der Waals surface area contributed by atoms with E-state index in [0.717, 1.165) is 37.1 Å². The second-order valence-corrected chi connectivity index (χ2v) is 9.39. The van der Waals surface area contributed by atoms with Gasteiger partial charge in [0.2, 0.25) is 0 Å². The zero-order valence-corrected chi connectivity index (χ0v) is 17.8. The third-order valence-corrected chi connectivity index (χ3v) is 7.42. The number of hydrogen-bond donors (Lipinski definition) is 1. The van der Waals surface area contributed by atoms with Crippen LogP contribution in [-0.4, -0.2) is 41.1 Å². The maximum absolute atomic E-state index is 12.6. The molecule has 0 radical (unpaired) electrons. The van der Waals surface area contributed by atoms with Crippen molar-refractivity contribution in [2.45, 2.75) is 31.3 Å². The van der Waals surface area contributed by atoms with Crippen LogP contribution in [0.4, 0.5) is 10.5 Å². The predicted octanol–water partition coefficient (Wildman–Crippen LogP) is 5.08. The van der Waals surface area contributed by atoms with Gasteiger partial charge in [-0.2, -0.15) is 0 Å². The third kappa shape index (κ3) is 3.50. The topological polar surface area (TPSA) is 48.5 Å². The summed E-state index contributed by atoms with van der Waals surface area (Å²) < 4.78 is 1.23. The molecule has 1 atom stereocenters. The lowest BCUT2D eigenvalue weighted by Gasteiger charge is -2.41. The van der Waals surface area contributed by atoms with Crippen molar-refractivity contribution in [3.8, 4) is 0 Å². The van der Waals surface area contributed by atoms with Crippen LogP contribution in [0.25, 0.3) is 10.2 Å². The summed E-state index contributed by atoms with van der Waals surface area (Å²) in [5, 5.41) is 3.95. The Morgan fingerprint density at radius 2 is 1.93 bits per heavy atom. The minimum Gasteiger partial charge on any atom is -0.330 e. The van der Waals surface area contributed by atoms with Gasteiger partial charge in [-0.15, -0.1) is 11.3 Å². The highest BCUT2D eigenvalue weighted by Gasteiger charge is 2.45. The number of rotatable bonds is 3. The number of hydrogen-bond acceptors (Lipinski definition) is 4. The van der Waals surface area contributed by atoms with Crippen molar-refractivity contribution in [1.82, 2.24) is 15.2 Å². The third-order valence-electron chi connectivity index (χ3n) is 6.36. The number of likely N-dealkylation sites (tertiary alicyclic amines) is 1. The Labute approximate surface area is 179 Å². The Kier molecular flexibility index (Phi) is 4.73. The first-order chi connectivity index (χ1) is 14.0. The predicted molar refractivity (Wildman–Crippen MR) is 119 cm³/mol. The summed E-state index contributed by atoms with van der Waals surface area (Å²) in [6, 6.07) is 14.4. The van der Waals surface area contributed by atoms with Crippen molar-refractivity contribution in [1.29, 1.82) is 0 Å². The molecule has 3 heterocycles. The number of benzene rings is 2. The zero-order chi connectivity index (χ0) is 20.0. The highest BCUT2D eigenvalue weighted by atomic mass is 35.5. The largest absolute Gasteiger partial charge is 0.330 e. The number of thiazole rings is 1. The van der Waals surface area contributed by atoms with Crippen molar-refractivity contribution in [3.63, 3.8) is 0 Å². The van der Waals surface area contributed by atoms with Gasteiger partial charge in [0.15, 0.2) is 0 Å². The molecule has 3 aromatic rings.